The number of carbonyl (C=O) groups excluding carboxylic acids is 1. The van der Waals surface area contributed by atoms with Crippen LogP contribution in [0.1, 0.15) is 36.0 Å². The molecule has 214 valence electrons. The van der Waals surface area contributed by atoms with Gasteiger partial charge in [0.1, 0.15) is 18.1 Å². The van der Waals surface area contributed by atoms with Gasteiger partial charge >= 0.3 is 5.97 Å². The van der Waals surface area contributed by atoms with Crippen LogP contribution < -0.4 is 14.4 Å². The third-order valence-electron chi connectivity index (χ3n) is 6.08. The number of hydrogen-bond acceptors (Lipinski definition) is 9. The van der Waals surface area contributed by atoms with Gasteiger partial charge < -0.3 is 32.6 Å². The molecule has 0 spiro atoms. The van der Waals surface area contributed by atoms with Crippen molar-refractivity contribution in [2.45, 2.75) is 38.6 Å². The number of benzene rings is 2. The summed E-state index contributed by atoms with van der Waals surface area (Å²) in [6, 6.07) is 12.1. The number of aryl methyl sites for hydroxylation is 2. The molecular formula is C28H37NO8S2. The van der Waals surface area contributed by atoms with Gasteiger partial charge in [-0.3, -0.25) is 4.79 Å². The Bertz CT molecular complexity index is 1070. The third-order valence-corrected chi connectivity index (χ3v) is 7.22. The molecule has 0 aliphatic carbocycles. The minimum Gasteiger partial charge on any atom is -0.493 e. The molecule has 0 fully saturated rings. The first kappa shape index (κ1) is 31.1. The summed E-state index contributed by atoms with van der Waals surface area (Å²) in [6.07, 6.45) is 3.18. The molecule has 39 heavy (non-hydrogen) atoms. The maximum Gasteiger partial charge on any atom is 0.329 e. The van der Waals surface area contributed by atoms with E-state index in [1.165, 1.54) is 29.6 Å². The van der Waals surface area contributed by atoms with Crippen LogP contribution in [-0.4, -0.2) is 69.1 Å². The number of rotatable bonds is 17. The third kappa shape index (κ3) is 10.6. The minimum atomic E-state index is -0.999. The second kappa shape index (κ2) is 17.3. The molecule has 0 saturated carbocycles. The van der Waals surface area contributed by atoms with Gasteiger partial charge in [-0.25, -0.2) is 4.79 Å². The molecule has 2 aromatic carbocycles. The number of nitrogens with zero attached hydrogens (tertiary/aromatic N) is 1. The van der Waals surface area contributed by atoms with E-state index in [0.717, 1.165) is 35.4 Å². The van der Waals surface area contributed by atoms with E-state index in [-0.39, 0.29) is 12.5 Å². The Kier molecular flexibility index (Phi) is 13.8. The Labute approximate surface area is 238 Å². The molecule has 11 heteroatoms. The molecule has 2 aromatic rings. The molecule has 0 saturated heterocycles. The second-order valence-corrected chi connectivity index (χ2v) is 10.7. The predicted octanol–water partition coefficient (Wildman–Crippen LogP) is 4.94. The summed E-state index contributed by atoms with van der Waals surface area (Å²) < 4.78 is 27.0. The van der Waals surface area contributed by atoms with Crippen molar-refractivity contribution in [2.75, 3.05) is 57.1 Å². The van der Waals surface area contributed by atoms with Crippen molar-refractivity contribution in [1.29, 1.82) is 0 Å². The molecule has 0 radical (unpaired) electrons. The van der Waals surface area contributed by atoms with Crippen molar-refractivity contribution >= 4 is 41.6 Å². The van der Waals surface area contributed by atoms with Crippen molar-refractivity contribution < 1.29 is 37.3 Å². The highest BCUT2D eigenvalue weighted by atomic mass is 32.2. The molecule has 0 bridgehead atoms. The normalized spacial score (nSPS) is 12.7. The van der Waals surface area contributed by atoms with Crippen molar-refractivity contribution in [3.63, 3.8) is 0 Å². The van der Waals surface area contributed by atoms with Crippen molar-refractivity contribution in [3.8, 4) is 11.5 Å². The van der Waals surface area contributed by atoms with Crippen LogP contribution in [-0.2, 0) is 42.1 Å². The molecule has 9 nitrogen and oxygen atoms in total. The van der Waals surface area contributed by atoms with Crippen LogP contribution in [0.25, 0.3) is 0 Å². The number of unbranched alkanes of at least 4 members (excludes halogenated alkanes) is 1. The summed E-state index contributed by atoms with van der Waals surface area (Å²) >= 11 is 2.68. The van der Waals surface area contributed by atoms with Gasteiger partial charge in [0, 0.05) is 19.1 Å². The first-order valence-corrected chi connectivity index (χ1v) is 14.8. The molecule has 3 rings (SSSR count). The quantitative estimate of drug-likeness (QED) is 0.205. The van der Waals surface area contributed by atoms with E-state index in [2.05, 4.69) is 6.07 Å². The molecular weight excluding hydrogens is 542 g/mol. The maximum atomic E-state index is 13.6. The van der Waals surface area contributed by atoms with Crippen LogP contribution >= 0.6 is 24.1 Å². The SMILES string of the molecule is COSCCOc1ccc2c(c1)CN(C(=O)CCCCOCC(=O)O)c1cc(OCCSOC)ccc1CC2. The first-order valence-electron chi connectivity index (χ1n) is 12.9. The second-order valence-electron chi connectivity index (χ2n) is 8.78. The smallest absolute Gasteiger partial charge is 0.329 e. The van der Waals surface area contributed by atoms with Crippen LogP contribution in [0.4, 0.5) is 5.69 Å². The molecule has 1 N–H and O–H groups in total. The number of carboxylic acids is 1. The molecule has 0 aromatic heterocycles. The van der Waals surface area contributed by atoms with Gasteiger partial charge in [-0.15, -0.1) is 0 Å². The molecule has 1 aliphatic rings. The summed E-state index contributed by atoms with van der Waals surface area (Å²) in [7, 11) is 3.27. The van der Waals surface area contributed by atoms with E-state index in [1.54, 1.807) is 14.2 Å². The lowest BCUT2D eigenvalue weighted by molar-refractivity contribution is -0.142. The number of hydrogen-bond donors (Lipinski definition) is 1. The number of aliphatic carboxylic acids is 1. The van der Waals surface area contributed by atoms with Crippen LogP contribution in [0.5, 0.6) is 11.5 Å². The highest BCUT2D eigenvalue weighted by Crippen LogP contribution is 2.33. The first-order chi connectivity index (χ1) is 19.0. The number of anilines is 1. The standard InChI is InChI=1S/C28H37NO8S2/c1-33-38-15-13-36-24-10-8-21-6-7-22-9-11-25(37-14-16-39-34-2)18-26(22)29(19-23(21)17-24)27(30)5-3-4-12-35-20-28(31)32/h8-11,17-18H,3-7,12-16,19-20H2,1-2H3,(H,31,32). The fraction of sp³-hybridized carbons (Fsp3) is 0.500. The summed E-state index contributed by atoms with van der Waals surface area (Å²) in [5.41, 5.74) is 4.19. The molecule has 1 heterocycles. The Balaban J connectivity index is 1.78. The Morgan fingerprint density at radius 1 is 0.846 bits per heavy atom. The Morgan fingerprint density at radius 2 is 1.49 bits per heavy atom. The number of fused-ring (bicyclic) bond motifs is 2. The molecule has 0 unspecified atom stereocenters. The Morgan fingerprint density at radius 3 is 2.15 bits per heavy atom. The lowest BCUT2D eigenvalue weighted by atomic mass is 9.94. The van der Waals surface area contributed by atoms with Gasteiger partial charge in [0.05, 0.1) is 51.2 Å². The van der Waals surface area contributed by atoms with Gasteiger partial charge in [-0.1, -0.05) is 12.1 Å². The average molecular weight is 580 g/mol. The minimum absolute atomic E-state index is 0.00256. The zero-order chi connectivity index (χ0) is 27.9. The number of amides is 1. The van der Waals surface area contributed by atoms with Crippen LogP contribution in [0.2, 0.25) is 0 Å². The van der Waals surface area contributed by atoms with Gasteiger partial charge in [0.25, 0.3) is 0 Å². The fourth-order valence-corrected chi connectivity index (χ4v) is 4.89. The number of carboxylic acid groups (broad SMARTS) is 1. The lowest BCUT2D eigenvalue weighted by Gasteiger charge is -2.29. The lowest BCUT2D eigenvalue weighted by Crippen LogP contribution is -2.32. The van der Waals surface area contributed by atoms with E-state index in [0.29, 0.717) is 62.9 Å². The van der Waals surface area contributed by atoms with E-state index < -0.39 is 5.97 Å². The maximum absolute atomic E-state index is 13.6. The van der Waals surface area contributed by atoms with E-state index >= 15 is 0 Å². The van der Waals surface area contributed by atoms with Crippen molar-refractivity contribution in [3.05, 3.63) is 53.1 Å². The van der Waals surface area contributed by atoms with Gasteiger partial charge in [-0.2, -0.15) is 0 Å². The Hall–Kier alpha value is -2.44. The number of carbonyl (C=O) groups is 2. The van der Waals surface area contributed by atoms with Crippen LogP contribution in [0.15, 0.2) is 36.4 Å². The van der Waals surface area contributed by atoms with Gasteiger partial charge in [-0.05, 0) is 84.7 Å². The van der Waals surface area contributed by atoms with Crippen molar-refractivity contribution in [2.24, 2.45) is 0 Å². The van der Waals surface area contributed by atoms with Crippen LogP contribution in [0.3, 0.4) is 0 Å². The van der Waals surface area contributed by atoms with Crippen LogP contribution in [0, 0.1) is 0 Å². The monoisotopic (exact) mass is 579 g/mol. The zero-order valence-corrected chi connectivity index (χ0v) is 24.2. The highest BCUT2D eigenvalue weighted by Gasteiger charge is 2.24. The van der Waals surface area contributed by atoms with Gasteiger partial charge in [0.2, 0.25) is 5.91 Å². The summed E-state index contributed by atoms with van der Waals surface area (Å²) in [4.78, 5) is 26.1. The molecule has 0 atom stereocenters. The summed E-state index contributed by atoms with van der Waals surface area (Å²) in [5, 5.41) is 8.73. The van der Waals surface area contributed by atoms with Gasteiger partial charge in [0.15, 0.2) is 0 Å². The molecule has 1 aliphatic heterocycles. The summed E-state index contributed by atoms with van der Waals surface area (Å²) in [6.45, 7) is 1.41. The van der Waals surface area contributed by atoms with Crippen molar-refractivity contribution in [1.82, 2.24) is 0 Å². The topological polar surface area (TPSA) is 104 Å². The van der Waals surface area contributed by atoms with E-state index in [9.17, 15) is 9.59 Å². The van der Waals surface area contributed by atoms with E-state index in [1.807, 2.05) is 35.2 Å². The van der Waals surface area contributed by atoms with E-state index in [4.69, 9.17) is 27.7 Å². The average Bonchev–Trinajstić information content (AvgIpc) is 2.92. The zero-order valence-electron chi connectivity index (χ0n) is 22.5. The fourth-order valence-electron chi connectivity index (χ4n) is 4.26. The predicted molar refractivity (Wildman–Crippen MR) is 154 cm³/mol. The summed E-state index contributed by atoms with van der Waals surface area (Å²) in [5.74, 6) is 1.88. The molecule has 1 amide bonds. The largest absolute Gasteiger partial charge is 0.493 e. The number of ether oxygens (including phenoxy) is 3. The highest BCUT2D eigenvalue weighted by molar-refractivity contribution is 7.94.